The molecule has 1 saturated heterocycles. The summed E-state index contributed by atoms with van der Waals surface area (Å²) >= 11 is 1.28. The molecule has 1 aliphatic rings. The Morgan fingerprint density at radius 2 is 2.20 bits per heavy atom. The molecule has 9 nitrogen and oxygen atoms in total. The van der Waals surface area contributed by atoms with Crippen molar-refractivity contribution in [2.24, 2.45) is 0 Å². The summed E-state index contributed by atoms with van der Waals surface area (Å²) in [5.41, 5.74) is 1.55. The number of ether oxygens (including phenoxy) is 2. The lowest BCUT2D eigenvalue weighted by Crippen LogP contribution is -2.34. The lowest BCUT2D eigenvalue weighted by atomic mass is 10.1. The molecule has 10 heteroatoms. The molecule has 1 fully saturated rings. The van der Waals surface area contributed by atoms with Gasteiger partial charge in [0.1, 0.15) is 40.1 Å². The number of aromatic nitrogens is 3. The van der Waals surface area contributed by atoms with E-state index in [1.807, 2.05) is 13.8 Å². The molecule has 0 unspecified atom stereocenters. The van der Waals surface area contributed by atoms with Crippen LogP contribution in [0, 0.1) is 0 Å². The number of hydrogen-bond donors (Lipinski definition) is 1. The molecule has 1 N–H and O–H groups in total. The Balaban J connectivity index is 1.70. The van der Waals surface area contributed by atoms with Crippen LogP contribution in [0.25, 0.3) is 22.0 Å². The van der Waals surface area contributed by atoms with Crippen molar-refractivity contribution in [2.45, 2.75) is 32.5 Å². The maximum absolute atomic E-state index is 12.0. The van der Waals surface area contributed by atoms with E-state index in [9.17, 15) is 9.59 Å². The summed E-state index contributed by atoms with van der Waals surface area (Å²) in [4.78, 5) is 36.6. The molecule has 0 bridgehead atoms. The van der Waals surface area contributed by atoms with E-state index in [2.05, 4.69) is 20.3 Å². The Hall–Kier alpha value is -2.95. The van der Waals surface area contributed by atoms with Crippen molar-refractivity contribution in [3.63, 3.8) is 0 Å². The smallest absolute Gasteiger partial charge is 0.357 e. The summed E-state index contributed by atoms with van der Waals surface area (Å²) in [5, 5.41) is 5.48. The Morgan fingerprint density at radius 3 is 2.90 bits per heavy atom. The van der Waals surface area contributed by atoms with E-state index in [0.717, 1.165) is 0 Å². The van der Waals surface area contributed by atoms with Crippen molar-refractivity contribution in [1.82, 2.24) is 20.3 Å². The molecule has 0 amide bonds. The molecule has 4 rings (SSSR count). The Kier molecular flexibility index (Phi) is 5.46. The van der Waals surface area contributed by atoms with Crippen LogP contribution in [0.3, 0.4) is 0 Å². The van der Waals surface area contributed by atoms with Gasteiger partial charge < -0.3 is 13.9 Å². The molecule has 0 aliphatic carbocycles. The van der Waals surface area contributed by atoms with E-state index < -0.39 is 11.7 Å². The molecule has 0 saturated carbocycles. The minimum Gasteiger partial charge on any atom is -0.461 e. The lowest BCUT2D eigenvalue weighted by Gasteiger charge is -2.16. The zero-order valence-electron chi connectivity index (χ0n) is 16.7. The van der Waals surface area contributed by atoms with Crippen LogP contribution in [-0.4, -0.2) is 46.1 Å². The van der Waals surface area contributed by atoms with Crippen molar-refractivity contribution in [3.8, 4) is 22.0 Å². The van der Waals surface area contributed by atoms with Crippen LogP contribution in [0.1, 0.15) is 53.7 Å². The lowest BCUT2D eigenvalue weighted by molar-refractivity contribution is 0.0230. The highest BCUT2D eigenvalue weighted by Gasteiger charge is 2.34. The number of oxazole rings is 1. The van der Waals surface area contributed by atoms with Crippen LogP contribution in [-0.2, 0) is 9.47 Å². The standard InChI is InChI=1S/C20H20N4O5S/c1-4-27-19(26)15-10-30-18(23-15)12-6-5-11(7-25)21-16(12)13-8-28-17(22-13)14-9-29-20(2,3)24-14/h5-8,10,14,24H,4,9H2,1-3H3/t14-/m0/s1. The van der Waals surface area contributed by atoms with Gasteiger partial charge in [0, 0.05) is 10.9 Å². The van der Waals surface area contributed by atoms with Gasteiger partial charge in [-0.1, -0.05) is 0 Å². The number of thiazole rings is 1. The van der Waals surface area contributed by atoms with Gasteiger partial charge >= 0.3 is 5.97 Å². The van der Waals surface area contributed by atoms with E-state index >= 15 is 0 Å². The van der Waals surface area contributed by atoms with Gasteiger partial charge in [0.15, 0.2) is 12.0 Å². The van der Waals surface area contributed by atoms with E-state index in [1.54, 1.807) is 24.4 Å². The third-order valence-corrected chi connectivity index (χ3v) is 5.33. The van der Waals surface area contributed by atoms with Gasteiger partial charge in [0.2, 0.25) is 5.89 Å². The highest BCUT2D eigenvalue weighted by atomic mass is 32.1. The van der Waals surface area contributed by atoms with E-state index in [0.29, 0.717) is 40.7 Å². The molecular weight excluding hydrogens is 408 g/mol. The molecule has 0 radical (unpaired) electrons. The van der Waals surface area contributed by atoms with Crippen molar-refractivity contribution in [3.05, 3.63) is 41.1 Å². The number of rotatable bonds is 6. The van der Waals surface area contributed by atoms with Gasteiger partial charge in [0.05, 0.1) is 13.2 Å². The molecule has 0 aromatic carbocycles. The fourth-order valence-electron chi connectivity index (χ4n) is 3.09. The maximum Gasteiger partial charge on any atom is 0.357 e. The first-order valence-electron chi connectivity index (χ1n) is 9.37. The fraction of sp³-hybridized carbons (Fsp3) is 0.350. The summed E-state index contributed by atoms with van der Waals surface area (Å²) in [6, 6.07) is 3.13. The fourth-order valence-corrected chi connectivity index (χ4v) is 3.90. The van der Waals surface area contributed by atoms with Crippen molar-refractivity contribution in [1.29, 1.82) is 0 Å². The van der Waals surface area contributed by atoms with Gasteiger partial charge in [-0.25, -0.2) is 19.7 Å². The summed E-state index contributed by atoms with van der Waals surface area (Å²) in [7, 11) is 0. The monoisotopic (exact) mass is 428 g/mol. The first-order chi connectivity index (χ1) is 14.4. The van der Waals surface area contributed by atoms with Crippen LogP contribution in [0.15, 0.2) is 28.2 Å². The Bertz CT molecular complexity index is 1090. The Labute approximate surface area is 176 Å². The summed E-state index contributed by atoms with van der Waals surface area (Å²) in [6.07, 6.45) is 2.15. The minimum atomic E-state index is -0.488. The van der Waals surface area contributed by atoms with Crippen LogP contribution in [0.5, 0.6) is 0 Å². The SMILES string of the molecule is CCOC(=O)c1csc(-c2ccc(C=O)nc2-c2coc([C@@H]3COC(C)(C)N3)n2)n1. The van der Waals surface area contributed by atoms with Gasteiger partial charge in [-0.15, -0.1) is 11.3 Å². The first-order valence-corrected chi connectivity index (χ1v) is 10.2. The van der Waals surface area contributed by atoms with Crippen LogP contribution < -0.4 is 5.32 Å². The van der Waals surface area contributed by atoms with E-state index in [4.69, 9.17) is 13.9 Å². The predicted octanol–water partition coefficient (Wildman–Crippen LogP) is 3.25. The van der Waals surface area contributed by atoms with Crippen LogP contribution in [0.2, 0.25) is 0 Å². The average Bonchev–Trinajstić information content (AvgIpc) is 3.47. The van der Waals surface area contributed by atoms with Crippen LogP contribution in [0.4, 0.5) is 0 Å². The number of carbonyl (C=O) groups is 2. The summed E-state index contributed by atoms with van der Waals surface area (Å²) in [5.74, 6) is -0.0242. The highest BCUT2D eigenvalue weighted by Crippen LogP contribution is 2.34. The Morgan fingerprint density at radius 1 is 1.37 bits per heavy atom. The molecule has 1 atom stereocenters. The molecule has 1 aliphatic heterocycles. The van der Waals surface area contributed by atoms with Crippen molar-refractivity contribution < 1.29 is 23.5 Å². The normalized spacial score (nSPS) is 17.8. The molecule has 156 valence electrons. The molecule has 30 heavy (non-hydrogen) atoms. The second kappa shape index (κ2) is 8.05. The quantitative estimate of drug-likeness (QED) is 0.466. The van der Waals surface area contributed by atoms with Crippen molar-refractivity contribution >= 4 is 23.6 Å². The number of esters is 1. The number of pyridine rings is 1. The molecule has 0 spiro atoms. The van der Waals surface area contributed by atoms with E-state index in [1.165, 1.54) is 17.6 Å². The maximum atomic E-state index is 12.0. The largest absolute Gasteiger partial charge is 0.461 e. The second-order valence-corrected chi connectivity index (χ2v) is 7.96. The number of hydrogen-bond acceptors (Lipinski definition) is 10. The van der Waals surface area contributed by atoms with Crippen molar-refractivity contribution in [2.75, 3.05) is 13.2 Å². The van der Waals surface area contributed by atoms with Crippen LogP contribution >= 0.6 is 11.3 Å². The predicted molar refractivity (Wildman–Crippen MR) is 108 cm³/mol. The third kappa shape index (κ3) is 4.02. The number of aldehydes is 1. The number of carbonyl (C=O) groups excluding carboxylic acids is 2. The number of nitrogens with zero attached hydrogens (tertiary/aromatic N) is 3. The number of nitrogens with one attached hydrogen (secondary N) is 1. The average molecular weight is 428 g/mol. The topological polar surface area (TPSA) is 116 Å². The second-order valence-electron chi connectivity index (χ2n) is 7.10. The molecule has 4 heterocycles. The van der Waals surface area contributed by atoms with Gasteiger partial charge in [-0.3, -0.25) is 10.1 Å². The highest BCUT2D eigenvalue weighted by molar-refractivity contribution is 7.13. The molecule has 3 aromatic heterocycles. The third-order valence-electron chi connectivity index (χ3n) is 4.45. The van der Waals surface area contributed by atoms with Gasteiger partial charge in [-0.2, -0.15) is 0 Å². The first kappa shape index (κ1) is 20.3. The zero-order valence-corrected chi connectivity index (χ0v) is 17.5. The summed E-state index contributed by atoms with van der Waals surface area (Å²) in [6.45, 7) is 6.28. The minimum absolute atomic E-state index is 0.193. The molecule has 3 aromatic rings. The summed E-state index contributed by atoms with van der Waals surface area (Å²) < 4.78 is 16.3. The van der Waals surface area contributed by atoms with Gasteiger partial charge in [-0.05, 0) is 32.9 Å². The van der Waals surface area contributed by atoms with E-state index in [-0.39, 0.29) is 24.0 Å². The zero-order chi connectivity index (χ0) is 21.3. The van der Waals surface area contributed by atoms with Gasteiger partial charge in [0.25, 0.3) is 0 Å². The molecular formula is C20H20N4O5S.